The van der Waals surface area contributed by atoms with Gasteiger partial charge in [0.1, 0.15) is 5.82 Å². The SMILES string of the molecule is O=C(CN1CCOCC1)N/N=C/c1cccc(F)c1. The van der Waals surface area contributed by atoms with Crippen molar-refractivity contribution >= 4 is 12.1 Å². The molecule has 1 aromatic carbocycles. The minimum atomic E-state index is -0.330. The molecule has 2 rings (SSSR count). The maximum absolute atomic E-state index is 12.9. The van der Waals surface area contributed by atoms with Crippen LogP contribution in [0.2, 0.25) is 0 Å². The summed E-state index contributed by atoms with van der Waals surface area (Å²) in [6.07, 6.45) is 1.42. The first-order chi connectivity index (χ1) is 9.24. The monoisotopic (exact) mass is 265 g/mol. The summed E-state index contributed by atoms with van der Waals surface area (Å²) >= 11 is 0. The van der Waals surface area contributed by atoms with Crippen molar-refractivity contribution in [3.8, 4) is 0 Å². The minimum Gasteiger partial charge on any atom is -0.379 e. The first kappa shape index (κ1) is 13.6. The molecule has 0 aromatic heterocycles. The molecule has 0 spiro atoms. The quantitative estimate of drug-likeness (QED) is 0.641. The largest absolute Gasteiger partial charge is 0.379 e. The summed E-state index contributed by atoms with van der Waals surface area (Å²) in [7, 11) is 0. The Morgan fingerprint density at radius 3 is 3.00 bits per heavy atom. The number of rotatable bonds is 4. The van der Waals surface area contributed by atoms with Crippen LogP contribution in [0.1, 0.15) is 5.56 Å². The molecule has 1 N–H and O–H groups in total. The van der Waals surface area contributed by atoms with Crippen LogP contribution in [0.5, 0.6) is 0 Å². The summed E-state index contributed by atoms with van der Waals surface area (Å²) in [5, 5.41) is 3.80. The predicted molar refractivity (Wildman–Crippen MR) is 69.4 cm³/mol. The standard InChI is InChI=1S/C13H16FN3O2/c14-12-3-1-2-11(8-12)9-15-16-13(18)10-17-4-6-19-7-5-17/h1-3,8-9H,4-7,10H2,(H,16,18)/b15-9+. The van der Waals surface area contributed by atoms with Gasteiger partial charge in [0.2, 0.25) is 0 Å². The third-order valence-electron chi connectivity index (χ3n) is 2.72. The third-order valence-corrected chi connectivity index (χ3v) is 2.72. The van der Waals surface area contributed by atoms with Crippen LogP contribution < -0.4 is 5.43 Å². The lowest BCUT2D eigenvalue weighted by molar-refractivity contribution is -0.123. The van der Waals surface area contributed by atoms with E-state index < -0.39 is 0 Å². The fourth-order valence-electron chi connectivity index (χ4n) is 1.76. The maximum Gasteiger partial charge on any atom is 0.254 e. The van der Waals surface area contributed by atoms with Crippen LogP contribution in [0.3, 0.4) is 0 Å². The zero-order chi connectivity index (χ0) is 13.5. The lowest BCUT2D eigenvalue weighted by Crippen LogP contribution is -2.42. The molecule has 1 aromatic rings. The van der Waals surface area contributed by atoms with E-state index in [-0.39, 0.29) is 11.7 Å². The topological polar surface area (TPSA) is 53.9 Å². The second-order valence-electron chi connectivity index (χ2n) is 4.24. The number of benzene rings is 1. The highest BCUT2D eigenvalue weighted by molar-refractivity contribution is 5.83. The molecule has 102 valence electrons. The Kier molecular flexibility index (Phi) is 5.00. The fraction of sp³-hybridized carbons (Fsp3) is 0.385. The van der Waals surface area contributed by atoms with Crippen molar-refractivity contribution in [2.24, 2.45) is 5.10 Å². The Bertz CT molecular complexity index is 459. The molecule has 1 heterocycles. The van der Waals surface area contributed by atoms with E-state index >= 15 is 0 Å². The summed E-state index contributed by atoms with van der Waals surface area (Å²) in [6.45, 7) is 3.10. The van der Waals surface area contributed by atoms with Crippen molar-refractivity contribution in [2.75, 3.05) is 32.8 Å². The zero-order valence-corrected chi connectivity index (χ0v) is 10.5. The molecule has 1 saturated heterocycles. The van der Waals surface area contributed by atoms with Gasteiger partial charge in [-0.3, -0.25) is 9.69 Å². The first-order valence-electron chi connectivity index (χ1n) is 6.11. The van der Waals surface area contributed by atoms with Gasteiger partial charge in [-0.15, -0.1) is 0 Å². The zero-order valence-electron chi connectivity index (χ0n) is 10.5. The van der Waals surface area contributed by atoms with Crippen LogP contribution in [0.4, 0.5) is 4.39 Å². The number of hydrogen-bond acceptors (Lipinski definition) is 4. The van der Waals surface area contributed by atoms with Crippen molar-refractivity contribution in [1.29, 1.82) is 0 Å². The van der Waals surface area contributed by atoms with E-state index in [9.17, 15) is 9.18 Å². The Morgan fingerprint density at radius 1 is 1.47 bits per heavy atom. The van der Waals surface area contributed by atoms with Gasteiger partial charge in [0.15, 0.2) is 0 Å². The Labute approximate surface area is 111 Å². The maximum atomic E-state index is 12.9. The molecule has 5 nitrogen and oxygen atoms in total. The molecule has 1 amide bonds. The highest BCUT2D eigenvalue weighted by atomic mass is 19.1. The molecule has 0 atom stereocenters. The van der Waals surface area contributed by atoms with Crippen LogP contribution in [-0.2, 0) is 9.53 Å². The molecule has 0 unspecified atom stereocenters. The summed E-state index contributed by atoms with van der Waals surface area (Å²) in [5.74, 6) is -0.516. The van der Waals surface area contributed by atoms with Crippen LogP contribution in [-0.4, -0.2) is 49.9 Å². The van der Waals surface area contributed by atoms with E-state index in [4.69, 9.17) is 4.74 Å². The molecule has 0 saturated carbocycles. The minimum absolute atomic E-state index is 0.186. The number of halogens is 1. The molecule has 0 aliphatic carbocycles. The van der Waals surface area contributed by atoms with Gasteiger partial charge in [0.05, 0.1) is 26.0 Å². The van der Waals surface area contributed by atoms with Gasteiger partial charge in [-0.05, 0) is 17.7 Å². The lowest BCUT2D eigenvalue weighted by Gasteiger charge is -2.25. The number of carbonyl (C=O) groups excluding carboxylic acids is 1. The number of ether oxygens (including phenoxy) is 1. The van der Waals surface area contributed by atoms with Gasteiger partial charge < -0.3 is 4.74 Å². The summed E-state index contributed by atoms with van der Waals surface area (Å²) in [5.41, 5.74) is 3.03. The third kappa shape index (κ3) is 4.76. The molecule has 0 radical (unpaired) electrons. The van der Waals surface area contributed by atoms with Crippen molar-refractivity contribution < 1.29 is 13.9 Å². The number of morpholine rings is 1. The van der Waals surface area contributed by atoms with Crippen LogP contribution in [0.15, 0.2) is 29.4 Å². The Balaban J connectivity index is 1.76. The Hall–Kier alpha value is -1.79. The number of nitrogens with one attached hydrogen (secondary N) is 1. The number of nitrogens with zero attached hydrogens (tertiary/aromatic N) is 2. The van der Waals surface area contributed by atoms with Crippen molar-refractivity contribution in [3.63, 3.8) is 0 Å². The van der Waals surface area contributed by atoms with Gasteiger partial charge in [-0.2, -0.15) is 5.10 Å². The van der Waals surface area contributed by atoms with E-state index in [1.807, 2.05) is 4.90 Å². The fourth-order valence-corrected chi connectivity index (χ4v) is 1.76. The molecule has 1 fully saturated rings. The van der Waals surface area contributed by atoms with Crippen LogP contribution >= 0.6 is 0 Å². The van der Waals surface area contributed by atoms with Crippen molar-refractivity contribution in [3.05, 3.63) is 35.6 Å². The molecular weight excluding hydrogens is 249 g/mol. The summed E-state index contributed by atoms with van der Waals surface area (Å²) < 4.78 is 18.1. The van der Waals surface area contributed by atoms with E-state index in [1.54, 1.807) is 12.1 Å². The first-order valence-corrected chi connectivity index (χ1v) is 6.11. The number of hydrazone groups is 1. The van der Waals surface area contributed by atoms with E-state index in [1.165, 1.54) is 18.3 Å². The van der Waals surface area contributed by atoms with Gasteiger partial charge >= 0.3 is 0 Å². The van der Waals surface area contributed by atoms with Gasteiger partial charge in [-0.1, -0.05) is 12.1 Å². The molecule has 6 heteroatoms. The second-order valence-corrected chi connectivity index (χ2v) is 4.24. The average molecular weight is 265 g/mol. The molecule has 19 heavy (non-hydrogen) atoms. The molecule has 0 bridgehead atoms. The second kappa shape index (κ2) is 6.96. The number of carbonyl (C=O) groups is 1. The van der Waals surface area contributed by atoms with Crippen LogP contribution in [0, 0.1) is 5.82 Å². The van der Waals surface area contributed by atoms with E-state index in [2.05, 4.69) is 10.5 Å². The highest BCUT2D eigenvalue weighted by Crippen LogP contribution is 2.00. The van der Waals surface area contributed by atoms with Crippen molar-refractivity contribution in [2.45, 2.75) is 0 Å². The van der Waals surface area contributed by atoms with Gasteiger partial charge in [-0.25, -0.2) is 9.82 Å². The number of hydrogen-bond donors (Lipinski definition) is 1. The lowest BCUT2D eigenvalue weighted by atomic mass is 10.2. The highest BCUT2D eigenvalue weighted by Gasteiger charge is 2.13. The molecular formula is C13H16FN3O2. The van der Waals surface area contributed by atoms with Gasteiger partial charge in [0.25, 0.3) is 5.91 Å². The Morgan fingerprint density at radius 2 is 2.26 bits per heavy atom. The van der Waals surface area contributed by atoms with Gasteiger partial charge in [0, 0.05) is 13.1 Å². The predicted octanol–water partition coefficient (Wildman–Crippen LogP) is 0.608. The van der Waals surface area contributed by atoms with E-state index in [0.717, 1.165) is 13.1 Å². The number of amides is 1. The van der Waals surface area contributed by atoms with E-state index in [0.29, 0.717) is 25.3 Å². The normalized spacial score (nSPS) is 16.7. The summed E-state index contributed by atoms with van der Waals surface area (Å²) in [6, 6.07) is 6.00. The average Bonchev–Trinajstić information content (AvgIpc) is 2.40. The molecule has 1 aliphatic rings. The summed E-state index contributed by atoms with van der Waals surface area (Å²) in [4.78, 5) is 13.6. The molecule has 1 aliphatic heterocycles. The van der Waals surface area contributed by atoms with Crippen molar-refractivity contribution in [1.82, 2.24) is 10.3 Å². The van der Waals surface area contributed by atoms with Crippen LogP contribution in [0.25, 0.3) is 0 Å². The smallest absolute Gasteiger partial charge is 0.254 e.